The van der Waals surface area contributed by atoms with Crippen molar-refractivity contribution in [3.63, 3.8) is 0 Å². The summed E-state index contributed by atoms with van der Waals surface area (Å²) in [6, 6.07) is 8.74. The minimum atomic E-state index is 0.251. The monoisotopic (exact) mass is 222 g/mol. The van der Waals surface area contributed by atoms with Crippen LogP contribution in [0.5, 0.6) is 0 Å². The lowest BCUT2D eigenvalue weighted by atomic mass is 9.83. The van der Waals surface area contributed by atoms with Gasteiger partial charge >= 0.3 is 0 Å². The summed E-state index contributed by atoms with van der Waals surface area (Å²) in [4.78, 5) is 1.37. The molecule has 0 fully saturated rings. The van der Waals surface area contributed by atoms with Crippen molar-refractivity contribution in [3.05, 3.63) is 29.8 Å². The number of benzene rings is 1. The Balaban J connectivity index is 2.87. The van der Waals surface area contributed by atoms with Crippen LogP contribution in [0.4, 0.5) is 0 Å². The molecule has 0 amide bonds. The van der Waals surface area contributed by atoms with Gasteiger partial charge in [-0.15, -0.1) is 11.8 Å². The molecule has 0 nitrogen and oxygen atoms in total. The highest BCUT2D eigenvalue weighted by Crippen LogP contribution is 2.44. The molecule has 0 saturated heterocycles. The third-order valence-corrected chi connectivity index (χ3v) is 4.78. The van der Waals surface area contributed by atoms with Crippen LogP contribution in [0, 0.1) is 12.3 Å². The molecule has 0 aromatic heterocycles. The molecule has 1 rings (SSSR count). The van der Waals surface area contributed by atoms with E-state index in [-0.39, 0.29) is 4.75 Å². The molecule has 1 aromatic rings. The van der Waals surface area contributed by atoms with Gasteiger partial charge in [0, 0.05) is 9.64 Å². The van der Waals surface area contributed by atoms with Crippen LogP contribution in [0.3, 0.4) is 0 Å². The van der Waals surface area contributed by atoms with Crippen LogP contribution >= 0.6 is 11.8 Å². The van der Waals surface area contributed by atoms with E-state index in [0.717, 1.165) is 0 Å². The highest BCUT2D eigenvalue weighted by molar-refractivity contribution is 8.00. The molecule has 1 aromatic carbocycles. The Morgan fingerprint density at radius 3 is 2.07 bits per heavy atom. The number of hydrogen-bond acceptors (Lipinski definition) is 1. The van der Waals surface area contributed by atoms with Gasteiger partial charge in [0.2, 0.25) is 0 Å². The summed E-state index contributed by atoms with van der Waals surface area (Å²) in [7, 11) is 0. The molecule has 84 valence electrons. The predicted molar refractivity (Wildman–Crippen MR) is 70.6 cm³/mol. The first kappa shape index (κ1) is 12.6. The minimum absolute atomic E-state index is 0.251. The zero-order chi connectivity index (χ0) is 11.7. The van der Waals surface area contributed by atoms with Crippen LogP contribution < -0.4 is 0 Å². The Hall–Kier alpha value is -0.430. The van der Waals surface area contributed by atoms with Crippen molar-refractivity contribution in [2.75, 3.05) is 0 Å². The zero-order valence-corrected chi connectivity index (χ0v) is 11.5. The van der Waals surface area contributed by atoms with Crippen LogP contribution in [-0.2, 0) is 0 Å². The van der Waals surface area contributed by atoms with Crippen LogP contribution in [0.2, 0.25) is 0 Å². The van der Waals surface area contributed by atoms with E-state index in [1.54, 1.807) is 0 Å². The smallest absolute Gasteiger partial charge is 0.0199 e. The number of aryl methyl sites for hydroxylation is 1. The Morgan fingerprint density at radius 2 is 1.60 bits per heavy atom. The second-order valence-electron chi connectivity index (χ2n) is 5.68. The van der Waals surface area contributed by atoms with Gasteiger partial charge in [0.25, 0.3) is 0 Å². The molecule has 0 saturated carbocycles. The summed E-state index contributed by atoms with van der Waals surface area (Å²) >= 11 is 1.97. The molecule has 15 heavy (non-hydrogen) atoms. The molecule has 0 atom stereocenters. The van der Waals surface area contributed by atoms with E-state index < -0.39 is 0 Å². The Morgan fingerprint density at radius 1 is 1.00 bits per heavy atom. The van der Waals surface area contributed by atoms with Crippen molar-refractivity contribution in [1.29, 1.82) is 0 Å². The second-order valence-corrected chi connectivity index (χ2v) is 7.38. The number of thioether (sulfide) groups is 1. The van der Waals surface area contributed by atoms with Crippen molar-refractivity contribution < 1.29 is 0 Å². The summed E-state index contributed by atoms with van der Waals surface area (Å²) in [5.74, 6) is 0. The lowest BCUT2D eigenvalue weighted by Gasteiger charge is -2.38. The summed E-state index contributed by atoms with van der Waals surface area (Å²) < 4.78 is 0.251. The van der Waals surface area contributed by atoms with Crippen molar-refractivity contribution >= 4 is 11.8 Å². The van der Waals surface area contributed by atoms with Gasteiger partial charge in [-0.05, 0) is 38.3 Å². The fraction of sp³-hybridized carbons (Fsp3) is 0.571. The first-order valence-electron chi connectivity index (χ1n) is 5.48. The van der Waals surface area contributed by atoms with E-state index in [9.17, 15) is 0 Å². The van der Waals surface area contributed by atoms with E-state index in [0.29, 0.717) is 5.41 Å². The van der Waals surface area contributed by atoms with Gasteiger partial charge in [0.05, 0.1) is 0 Å². The Kier molecular flexibility index (Phi) is 3.55. The predicted octanol–water partition coefficient (Wildman–Crippen LogP) is 4.91. The van der Waals surface area contributed by atoms with E-state index >= 15 is 0 Å². The molecule has 1 heteroatoms. The van der Waals surface area contributed by atoms with E-state index in [1.165, 1.54) is 10.5 Å². The summed E-state index contributed by atoms with van der Waals surface area (Å²) in [5.41, 5.74) is 1.64. The Labute approximate surface area is 98.5 Å². The SMILES string of the molecule is Cc1cccc(SC(C)(C)C(C)(C)C)c1. The van der Waals surface area contributed by atoms with E-state index in [4.69, 9.17) is 0 Å². The third-order valence-electron chi connectivity index (χ3n) is 3.17. The van der Waals surface area contributed by atoms with Crippen LogP contribution in [-0.4, -0.2) is 4.75 Å². The number of rotatable bonds is 2. The fourth-order valence-electron chi connectivity index (χ4n) is 1.13. The van der Waals surface area contributed by atoms with Crippen molar-refractivity contribution in [3.8, 4) is 0 Å². The molecular weight excluding hydrogens is 200 g/mol. The molecule has 0 aliphatic rings. The molecule has 0 bridgehead atoms. The average molecular weight is 222 g/mol. The largest absolute Gasteiger partial charge is 0.119 e. The third kappa shape index (κ3) is 3.27. The molecule has 0 N–H and O–H groups in total. The summed E-state index contributed by atoms with van der Waals surface area (Å²) in [6.07, 6.45) is 0. The minimum Gasteiger partial charge on any atom is -0.119 e. The molecular formula is C14H22S. The van der Waals surface area contributed by atoms with Gasteiger partial charge in [-0.1, -0.05) is 38.5 Å². The quantitative estimate of drug-likeness (QED) is 0.641. The van der Waals surface area contributed by atoms with Crippen molar-refractivity contribution in [2.45, 2.75) is 51.2 Å². The van der Waals surface area contributed by atoms with Gasteiger partial charge < -0.3 is 0 Å². The van der Waals surface area contributed by atoms with Gasteiger partial charge in [-0.2, -0.15) is 0 Å². The average Bonchev–Trinajstić information content (AvgIpc) is 2.00. The molecule has 0 aliphatic heterocycles. The summed E-state index contributed by atoms with van der Waals surface area (Å²) in [6.45, 7) is 13.7. The van der Waals surface area contributed by atoms with Gasteiger partial charge in [-0.25, -0.2) is 0 Å². The van der Waals surface area contributed by atoms with E-state index in [2.05, 4.69) is 65.8 Å². The first-order chi connectivity index (χ1) is 6.72. The first-order valence-corrected chi connectivity index (χ1v) is 6.30. The van der Waals surface area contributed by atoms with Crippen LogP contribution in [0.1, 0.15) is 40.2 Å². The van der Waals surface area contributed by atoms with Crippen molar-refractivity contribution in [1.82, 2.24) is 0 Å². The second kappa shape index (κ2) is 4.21. The van der Waals surface area contributed by atoms with E-state index in [1.807, 2.05) is 11.8 Å². The molecule has 0 heterocycles. The molecule has 0 aliphatic carbocycles. The standard InChI is InChI=1S/C14H22S/c1-11-8-7-9-12(10-11)15-14(5,6)13(2,3)4/h7-10H,1-6H3. The topological polar surface area (TPSA) is 0 Å². The lowest BCUT2D eigenvalue weighted by molar-refractivity contribution is 0.320. The van der Waals surface area contributed by atoms with Gasteiger partial charge in [-0.3, -0.25) is 0 Å². The number of hydrogen-bond donors (Lipinski definition) is 0. The fourth-order valence-corrected chi connectivity index (χ4v) is 2.41. The lowest BCUT2D eigenvalue weighted by Crippen LogP contribution is -2.32. The van der Waals surface area contributed by atoms with Crippen molar-refractivity contribution in [2.24, 2.45) is 5.41 Å². The maximum Gasteiger partial charge on any atom is 0.0199 e. The van der Waals surface area contributed by atoms with Crippen LogP contribution in [0.15, 0.2) is 29.2 Å². The van der Waals surface area contributed by atoms with Crippen LogP contribution in [0.25, 0.3) is 0 Å². The summed E-state index contributed by atoms with van der Waals surface area (Å²) in [5, 5.41) is 0. The highest BCUT2D eigenvalue weighted by Gasteiger charge is 2.33. The molecule has 0 radical (unpaired) electrons. The van der Waals surface area contributed by atoms with Gasteiger partial charge in [0.1, 0.15) is 0 Å². The molecule has 0 unspecified atom stereocenters. The Bertz CT molecular complexity index is 331. The highest BCUT2D eigenvalue weighted by atomic mass is 32.2. The molecule has 0 spiro atoms. The van der Waals surface area contributed by atoms with Gasteiger partial charge in [0.15, 0.2) is 0 Å². The maximum absolute atomic E-state index is 2.32. The maximum atomic E-state index is 2.32. The normalized spacial score (nSPS) is 12.9. The zero-order valence-electron chi connectivity index (χ0n) is 10.7.